The van der Waals surface area contributed by atoms with E-state index in [0.29, 0.717) is 12.1 Å². The highest BCUT2D eigenvalue weighted by atomic mass is 19.4. The Morgan fingerprint density at radius 3 is 1.90 bits per heavy atom. The van der Waals surface area contributed by atoms with E-state index in [4.69, 9.17) is 0 Å². The molecular weight excluding hydrogens is 284 g/mol. The van der Waals surface area contributed by atoms with Gasteiger partial charge in [0.05, 0.1) is 16.8 Å². The van der Waals surface area contributed by atoms with Crippen LogP contribution in [0.1, 0.15) is 11.1 Å². The maximum Gasteiger partial charge on any atom is 0.417 e. The van der Waals surface area contributed by atoms with E-state index in [-0.39, 0.29) is 11.3 Å². The molecule has 2 aromatic rings. The fourth-order valence-electron chi connectivity index (χ4n) is 1.72. The highest BCUT2D eigenvalue weighted by Crippen LogP contribution is 2.41. The second kappa shape index (κ2) is 4.81. The number of alkyl halides is 6. The Balaban J connectivity index is 2.62. The number of aromatic nitrogens is 1. The van der Waals surface area contributed by atoms with Crippen LogP contribution in [0.2, 0.25) is 0 Å². The zero-order valence-electron chi connectivity index (χ0n) is 9.76. The van der Waals surface area contributed by atoms with Crippen molar-refractivity contribution in [3.8, 4) is 11.3 Å². The average molecular weight is 291 g/mol. The molecule has 1 nitrogen and oxygen atoms in total. The van der Waals surface area contributed by atoms with Crippen LogP contribution in [0.3, 0.4) is 0 Å². The minimum atomic E-state index is -5.09. The summed E-state index contributed by atoms with van der Waals surface area (Å²) in [5.74, 6) is 0. The molecule has 0 amide bonds. The van der Waals surface area contributed by atoms with Crippen LogP contribution in [-0.4, -0.2) is 4.98 Å². The van der Waals surface area contributed by atoms with Gasteiger partial charge in [-0.2, -0.15) is 26.3 Å². The van der Waals surface area contributed by atoms with Gasteiger partial charge in [0.15, 0.2) is 0 Å². The molecule has 7 heteroatoms. The standard InChI is InChI=1S/C13H7F6N/c14-12(15,16)9-5-4-8(7-10(9)13(17,18)19)11-3-1-2-6-20-11/h1-7H. The van der Waals surface area contributed by atoms with Crippen LogP contribution >= 0.6 is 0 Å². The van der Waals surface area contributed by atoms with Crippen molar-refractivity contribution in [3.05, 3.63) is 53.7 Å². The van der Waals surface area contributed by atoms with E-state index in [9.17, 15) is 26.3 Å². The van der Waals surface area contributed by atoms with Gasteiger partial charge in [-0.1, -0.05) is 12.1 Å². The fraction of sp³-hybridized carbons (Fsp3) is 0.154. The maximum atomic E-state index is 12.8. The van der Waals surface area contributed by atoms with Crippen molar-refractivity contribution in [1.29, 1.82) is 0 Å². The Morgan fingerprint density at radius 2 is 1.40 bits per heavy atom. The zero-order chi connectivity index (χ0) is 15.0. The summed E-state index contributed by atoms with van der Waals surface area (Å²) in [6, 6.07) is 6.37. The second-order valence-corrected chi connectivity index (χ2v) is 3.97. The van der Waals surface area contributed by atoms with Crippen molar-refractivity contribution in [2.45, 2.75) is 12.4 Å². The van der Waals surface area contributed by atoms with Gasteiger partial charge in [0.25, 0.3) is 0 Å². The first-order valence-corrected chi connectivity index (χ1v) is 5.39. The fourth-order valence-corrected chi connectivity index (χ4v) is 1.72. The number of pyridine rings is 1. The number of rotatable bonds is 1. The lowest BCUT2D eigenvalue weighted by molar-refractivity contribution is -0.162. The van der Waals surface area contributed by atoms with Crippen molar-refractivity contribution in [1.82, 2.24) is 4.98 Å². The number of hydrogen-bond acceptors (Lipinski definition) is 1. The molecule has 0 spiro atoms. The predicted molar refractivity (Wildman–Crippen MR) is 59.7 cm³/mol. The summed E-state index contributed by atoms with van der Waals surface area (Å²) in [7, 11) is 0. The molecule has 2 rings (SSSR count). The normalized spacial score (nSPS) is 12.5. The molecule has 0 fully saturated rings. The van der Waals surface area contributed by atoms with Crippen molar-refractivity contribution in [3.63, 3.8) is 0 Å². The highest BCUT2D eigenvalue weighted by molar-refractivity contribution is 5.61. The zero-order valence-corrected chi connectivity index (χ0v) is 9.76. The Bertz CT molecular complexity index is 600. The van der Waals surface area contributed by atoms with Gasteiger partial charge in [-0.25, -0.2) is 0 Å². The Hall–Kier alpha value is -2.05. The summed E-state index contributed by atoms with van der Waals surface area (Å²) in [6.45, 7) is 0. The lowest BCUT2D eigenvalue weighted by atomic mass is 10.0. The summed E-state index contributed by atoms with van der Waals surface area (Å²) < 4.78 is 76.1. The van der Waals surface area contributed by atoms with Gasteiger partial charge in [0, 0.05) is 11.8 Å². The van der Waals surface area contributed by atoms with Crippen LogP contribution in [0.4, 0.5) is 26.3 Å². The van der Waals surface area contributed by atoms with E-state index < -0.39 is 23.5 Å². The molecule has 0 atom stereocenters. The van der Waals surface area contributed by atoms with Gasteiger partial charge in [-0.15, -0.1) is 0 Å². The maximum absolute atomic E-state index is 12.8. The summed E-state index contributed by atoms with van der Waals surface area (Å²) >= 11 is 0. The molecule has 1 aromatic carbocycles. The van der Waals surface area contributed by atoms with Crippen molar-refractivity contribution in [2.75, 3.05) is 0 Å². The van der Waals surface area contributed by atoms with Gasteiger partial charge in [-0.3, -0.25) is 4.98 Å². The molecule has 1 heterocycles. The van der Waals surface area contributed by atoms with Crippen LogP contribution in [0.5, 0.6) is 0 Å². The molecule has 0 aliphatic rings. The monoisotopic (exact) mass is 291 g/mol. The molecule has 0 N–H and O–H groups in total. The first kappa shape index (κ1) is 14.4. The van der Waals surface area contributed by atoms with Crippen LogP contribution < -0.4 is 0 Å². The van der Waals surface area contributed by atoms with Crippen LogP contribution in [0, 0.1) is 0 Å². The molecule has 0 saturated carbocycles. The quantitative estimate of drug-likeness (QED) is 0.689. The minimum Gasteiger partial charge on any atom is -0.256 e. The molecule has 0 unspecified atom stereocenters. The Labute approximate surface area is 109 Å². The number of nitrogens with zero attached hydrogens (tertiary/aromatic N) is 1. The number of hydrogen-bond donors (Lipinski definition) is 0. The van der Waals surface area contributed by atoms with E-state index in [1.54, 1.807) is 6.07 Å². The SMILES string of the molecule is FC(F)(F)c1ccc(-c2ccccn2)cc1C(F)(F)F. The van der Waals surface area contributed by atoms with Crippen molar-refractivity contribution < 1.29 is 26.3 Å². The molecule has 1 aromatic heterocycles. The first-order valence-electron chi connectivity index (χ1n) is 5.39. The van der Waals surface area contributed by atoms with Crippen molar-refractivity contribution in [2.24, 2.45) is 0 Å². The lowest BCUT2D eigenvalue weighted by Crippen LogP contribution is -2.16. The largest absolute Gasteiger partial charge is 0.417 e. The van der Waals surface area contributed by atoms with E-state index in [1.165, 1.54) is 18.3 Å². The number of halogens is 6. The van der Waals surface area contributed by atoms with Crippen LogP contribution in [0.25, 0.3) is 11.3 Å². The van der Waals surface area contributed by atoms with E-state index in [0.717, 1.165) is 6.07 Å². The second-order valence-electron chi connectivity index (χ2n) is 3.97. The molecular formula is C13H7F6N. The molecule has 0 bridgehead atoms. The molecule has 0 saturated heterocycles. The van der Waals surface area contributed by atoms with Gasteiger partial charge in [-0.05, 0) is 24.3 Å². The smallest absolute Gasteiger partial charge is 0.256 e. The summed E-state index contributed by atoms with van der Waals surface area (Å²) in [5, 5.41) is 0. The lowest BCUT2D eigenvalue weighted by Gasteiger charge is -2.16. The third-order valence-corrected chi connectivity index (χ3v) is 2.59. The highest BCUT2D eigenvalue weighted by Gasteiger charge is 2.43. The van der Waals surface area contributed by atoms with Gasteiger partial charge in [0.1, 0.15) is 0 Å². The average Bonchev–Trinajstić information content (AvgIpc) is 2.37. The van der Waals surface area contributed by atoms with Gasteiger partial charge >= 0.3 is 12.4 Å². The van der Waals surface area contributed by atoms with E-state index >= 15 is 0 Å². The molecule has 106 valence electrons. The summed E-state index contributed by atoms with van der Waals surface area (Å²) in [4.78, 5) is 3.82. The van der Waals surface area contributed by atoms with E-state index in [2.05, 4.69) is 4.98 Å². The molecule has 0 aliphatic carbocycles. The predicted octanol–water partition coefficient (Wildman–Crippen LogP) is 4.79. The van der Waals surface area contributed by atoms with Crippen molar-refractivity contribution >= 4 is 0 Å². The third kappa shape index (κ3) is 2.92. The summed E-state index contributed by atoms with van der Waals surface area (Å²) in [6.07, 6.45) is -8.80. The molecule has 0 aliphatic heterocycles. The third-order valence-electron chi connectivity index (χ3n) is 2.59. The Kier molecular flexibility index (Phi) is 3.45. The Morgan fingerprint density at radius 1 is 0.750 bits per heavy atom. The minimum absolute atomic E-state index is 0.0223. The molecule has 20 heavy (non-hydrogen) atoms. The van der Waals surface area contributed by atoms with Gasteiger partial charge in [0.2, 0.25) is 0 Å². The topological polar surface area (TPSA) is 12.9 Å². The number of benzene rings is 1. The van der Waals surface area contributed by atoms with Crippen LogP contribution in [0.15, 0.2) is 42.6 Å². The van der Waals surface area contributed by atoms with Gasteiger partial charge < -0.3 is 0 Å². The molecule has 0 radical (unpaired) electrons. The summed E-state index contributed by atoms with van der Waals surface area (Å²) in [5.41, 5.74) is -3.27. The van der Waals surface area contributed by atoms with Crippen LogP contribution in [-0.2, 0) is 12.4 Å². The van der Waals surface area contributed by atoms with E-state index in [1.807, 2.05) is 0 Å². The first-order chi connectivity index (χ1) is 9.19.